The topological polar surface area (TPSA) is 12.0 Å². The van der Waals surface area contributed by atoms with Gasteiger partial charge in [-0.2, -0.15) is 0 Å². The predicted octanol–water partition coefficient (Wildman–Crippen LogP) is 3.87. The van der Waals surface area contributed by atoms with E-state index in [-0.39, 0.29) is 0 Å². The van der Waals surface area contributed by atoms with E-state index in [4.69, 9.17) is 0 Å². The van der Waals surface area contributed by atoms with Gasteiger partial charge in [-0.15, -0.1) is 0 Å². The molecule has 1 atom stereocenters. The highest BCUT2D eigenvalue weighted by atomic mass is 29.3. The first-order chi connectivity index (χ1) is 6.85. The van der Waals surface area contributed by atoms with Crippen molar-refractivity contribution < 1.29 is 0 Å². The molecule has 1 unspecified atom stereocenters. The van der Waals surface area contributed by atoms with Crippen molar-refractivity contribution in [3.8, 4) is 0 Å². The van der Waals surface area contributed by atoms with Crippen LogP contribution in [0.2, 0.25) is 25.7 Å². The number of rotatable bonds is 6. The Bertz CT molecular complexity index is 210. The van der Waals surface area contributed by atoms with Crippen LogP contribution >= 0.6 is 0 Å². The Balaban J connectivity index is 5.26. The second-order valence-electron chi connectivity index (χ2n) is 5.41. The standard InChI is InChI=1S/C12H29NSi2/c1-8-11-15(13-10-3,12(4)9-2)14(5,6)7/h9,13H,8,10-11H2,1-7H3/b12-9+. The summed E-state index contributed by atoms with van der Waals surface area (Å²) in [7, 11) is -2.45. The molecule has 0 amide bonds. The SMILES string of the molecule is C/C=C(\C)[Si](CCC)(NCC)[Si](C)(C)C. The van der Waals surface area contributed by atoms with Crippen LogP contribution in [0.25, 0.3) is 0 Å². The van der Waals surface area contributed by atoms with E-state index >= 15 is 0 Å². The third kappa shape index (κ3) is 3.29. The van der Waals surface area contributed by atoms with Gasteiger partial charge in [0, 0.05) is 0 Å². The molecule has 0 saturated heterocycles. The molecule has 0 radical (unpaired) electrons. The van der Waals surface area contributed by atoms with E-state index in [0.717, 1.165) is 6.54 Å². The summed E-state index contributed by atoms with van der Waals surface area (Å²) in [5.41, 5.74) is 0. The molecule has 1 N–H and O–H groups in total. The third-order valence-electron chi connectivity index (χ3n) is 3.49. The molecule has 0 aliphatic rings. The third-order valence-corrected chi connectivity index (χ3v) is 20.0. The maximum absolute atomic E-state index is 3.92. The summed E-state index contributed by atoms with van der Waals surface area (Å²) in [5, 5.41) is 1.67. The first-order valence-corrected chi connectivity index (χ1v) is 12.9. The van der Waals surface area contributed by atoms with Crippen molar-refractivity contribution >= 4 is 15.3 Å². The van der Waals surface area contributed by atoms with Crippen molar-refractivity contribution in [2.45, 2.75) is 59.8 Å². The molecule has 0 aromatic heterocycles. The maximum atomic E-state index is 3.92. The van der Waals surface area contributed by atoms with Crippen molar-refractivity contribution in [2.75, 3.05) is 6.54 Å². The molecule has 0 aliphatic heterocycles. The van der Waals surface area contributed by atoms with E-state index in [9.17, 15) is 0 Å². The van der Waals surface area contributed by atoms with Gasteiger partial charge in [0.15, 0.2) is 0 Å². The molecule has 15 heavy (non-hydrogen) atoms. The van der Waals surface area contributed by atoms with E-state index in [2.05, 4.69) is 58.4 Å². The van der Waals surface area contributed by atoms with Gasteiger partial charge in [-0.1, -0.05) is 51.2 Å². The molecular formula is C12H29NSi2. The molecular weight excluding hydrogens is 214 g/mol. The van der Waals surface area contributed by atoms with Crippen LogP contribution in [0.15, 0.2) is 11.3 Å². The summed E-state index contributed by atoms with van der Waals surface area (Å²) in [5.74, 6) is 0. The number of hydrogen-bond acceptors (Lipinski definition) is 1. The first kappa shape index (κ1) is 15.1. The fourth-order valence-corrected chi connectivity index (χ4v) is 16.8. The highest BCUT2D eigenvalue weighted by Gasteiger charge is 2.45. The van der Waals surface area contributed by atoms with Crippen LogP contribution in [0.3, 0.4) is 0 Å². The minimum atomic E-state index is -1.35. The van der Waals surface area contributed by atoms with Crippen molar-refractivity contribution in [1.29, 1.82) is 0 Å². The van der Waals surface area contributed by atoms with Crippen LogP contribution in [0.4, 0.5) is 0 Å². The lowest BCUT2D eigenvalue weighted by atomic mass is 10.6. The van der Waals surface area contributed by atoms with Crippen molar-refractivity contribution in [1.82, 2.24) is 4.98 Å². The predicted molar refractivity (Wildman–Crippen MR) is 77.3 cm³/mol. The summed E-state index contributed by atoms with van der Waals surface area (Å²) in [6.07, 6.45) is 3.66. The van der Waals surface area contributed by atoms with Crippen LogP contribution in [0.1, 0.15) is 34.1 Å². The summed E-state index contributed by atoms with van der Waals surface area (Å²) in [6, 6.07) is 1.41. The Morgan fingerprint density at radius 3 is 2.00 bits per heavy atom. The normalized spacial score (nSPS) is 17.7. The second kappa shape index (κ2) is 6.01. The molecule has 0 bridgehead atoms. The molecule has 0 aromatic carbocycles. The Kier molecular flexibility index (Phi) is 6.07. The minimum absolute atomic E-state index is 1.10. The molecule has 90 valence electrons. The molecule has 0 spiro atoms. The van der Waals surface area contributed by atoms with Gasteiger partial charge in [0.25, 0.3) is 0 Å². The van der Waals surface area contributed by atoms with Gasteiger partial charge in [-0.05, 0) is 26.4 Å². The van der Waals surface area contributed by atoms with Crippen molar-refractivity contribution in [3.05, 3.63) is 11.3 Å². The van der Waals surface area contributed by atoms with Gasteiger partial charge in [0.1, 0.15) is 7.75 Å². The zero-order valence-corrected chi connectivity index (χ0v) is 13.7. The fraction of sp³-hybridized carbons (Fsp3) is 0.833. The fourth-order valence-electron chi connectivity index (χ4n) is 2.58. The van der Waals surface area contributed by atoms with Gasteiger partial charge in [0.05, 0.1) is 7.59 Å². The van der Waals surface area contributed by atoms with Crippen molar-refractivity contribution in [3.63, 3.8) is 0 Å². The lowest BCUT2D eigenvalue weighted by Crippen LogP contribution is -2.68. The lowest BCUT2D eigenvalue weighted by Gasteiger charge is -2.43. The van der Waals surface area contributed by atoms with Gasteiger partial charge < -0.3 is 4.98 Å². The molecule has 0 heterocycles. The summed E-state index contributed by atoms with van der Waals surface area (Å²) < 4.78 is 0. The molecule has 0 aliphatic carbocycles. The monoisotopic (exact) mass is 243 g/mol. The Morgan fingerprint density at radius 1 is 1.20 bits per heavy atom. The van der Waals surface area contributed by atoms with Crippen LogP contribution in [0, 0.1) is 0 Å². The van der Waals surface area contributed by atoms with Crippen LogP contribution in [0.5, 0.6) is 0 Å². The number of nitrogens with one attached hydrogen (secondary N) is 1. The Labute approximate surface area is 98.2 Å². The average Bonchev–Trinajstić information content (AvgIpc) is 2.14. The van der Waals surface area contributed by atoms with Crippen LogP contribution in [-0.2, 0) is 0 Å². The van der Waals surface area contributed by atoms with E-state index in [1.807, 2.05) is 0 Å². The average molecular weight is 244 g/mol. The Morgan fingerprint density at radius 2 is 1.73 bits per heavy atom. The van der Waals surface area contributed by atoms with E-state index in [1.165, 1.54) is 12.5 Å². The van der Waals surface area contributed by atoms with Crippen molar-refractivity contribution in [2.24, 2.45) is 0 Å². The van der Waals surface area contributed by atoms with Crippen LogP contribution < -0.4 is 4.98 Å². The van der Waals surface area contributed by atoms with Gasteiger partial charge in [0.2, 0.25) is 0 Å². The Hall–Kier alpha value is 0.134. The highest BCUT2D eigenvalue weighted by molar-refractivity contribution is 7.42. The zero-order valence-electron chi connectivity index (χ0n) is 11.7. The van der Waals surface area contributed by atoms with Gasteiger partial charge >= 0.3 is 0 Å². The molecule has 0 rings (SSSR count). The first-order valence-electron chi connectivity index (χ1n) is 6.24. The van der Waals surface area contributed by atoms with E-state index < -0.39 is 15.3 Å². The number of hydrogen-bond donors (Lipinski definition) is 1. The molecule has 1 nitrogen and oxygen atoms in total. The lowest BCUT2D eigenvalue weighted by molar-refractivity contribution is 0.930. The van der Waals surface area contributed by atoms with Gasteiger partial charge in [-0.25, -0.2) is 0 Å². The molecule has 0 saturated carbocycles. The summed E-state index contributed by atoms with van der Waals surface area (Å²) >= 11 is 0. The smallest absolute Gasteiger partial charge is 0.141 e. The highest BCUT2D eigenvalue weighted by Crippen LogP contribution is 2.28. The van der Waals surface area contributed by atoms with E-state index in [0.29, 0.717) is 0 Å². The molecule has 0 aromatic rings. The molecule has 0 fully saturated rings. The zero-order chi connectivity index (χ0) is 12.1. The maximum Gasteiger partial charge on any atom is 0.141 e. The quantitative estimate of drug-likeness (QED) is 0.698. The van der Waals surface area contributed by atoms with E-state index in [1.54, 1.807) is 5.20 Å². The molecule has 3 heteroatoms. The minimum Gasteiger partial charge on any atom is -0.336 e. The second-order valence-corrected chi connectivity index (χ2v) is 20.4. The largest absolute Gasteiger partial charge is 0.336 e. The van der Waals surface area contributed by atoms with Crippen LogP contribution in [-0.4, -0.2) is 21.9 Å². The van der Waals surface area contributed by atoms with Gasteiger partial charge in [-0.3, -0.25) is 0 Å². The number of allylic oxidation sites excluding steroid dienone is 2. The summed E-state index contributed by atoms with van der Waals surface area (Å²) in [6.45, 7) is 17.8. The summed E-state index contributed by atoms with van der Waals surface area (Å²) in [4.78, 5) is 3.92.